The summed E-state index contributed by atoms with van der Waals surface area (Å²) in [6.07, 6.45) is 3.53. The number of carbonyl (C=O) groups excluding carboxylic acids is 2. The number of rotatable bonds is 4. The highest BCUT2D eigenvalue weighted by atomic mass is 16.6. The molecular formula is C28H37NO8. The second kappa shape index (κ2) is 9.69. The van der Waals surface area contributed by atoms with Crippen molar-refractivity contribution in [3.63, 3.8) is 0 Å². The van der Waals surface area contributed by atoms with E-state index < -0.39 is 54.2 Å². The molecule has 5 rings (SSSR count). The number of nitrogens with one attached hydrogen (secondary N) is 1. The SMILES string of the molecule is CO[C@H]1C[C@H]2C=C[C@H]3[C@H]4O[C@@]2(/C(C)=C/[C@@H](C)[C@H](C(C)O)OC1=O)[C@@H]3[C@H](O)[C@@H](C)[C@H]4OC(=O)c1ccc[nH]1. The molecule has 9 nitrogen and oxygen atoms in total. The van der Waals surface area contributed by atoms with E-state index in [-0.39, 0.29) is 36.0 Å². The Balaban J connectivity index is 1.58. The van der Waals surface area contributed by atoms with Crippen LogP contribution in [0.1, 0.15) is 44.6 Å². The quantitative estimate of drug-likeness (QED) is 0.412. The first-order valence-electron chi connectivity index (χ1n) is 13.1. The molecule has 9 heteroatoms. The number of methoxy groups -OCH3 is 1. The van der Waals surface area contributed by atoms with Crippen molar-refractivity contribution in [2.24, 2.45) is 29.6 Å². The molecule has 0 amide bonds. The van der Waals surface area contributed by atoms with Gasteiger partial charge in [0.2, 0.25) is 0 Å². The lowest BCUT2D eigenvalue weighted by Crippen LogP contribution is -2.57. The first kappa shape index (κ1) is 26.2. The molecule has 2 fully saturated rings. The van der Waals surface area contributed by atoms with E-state index in [0.717, 1.165) is 5.57 Å². The molecule has 2 aliphatic heterocycles. The Morgan fingerprint density at radius 1 is 1.30 bits per heavy atom. The number of aromatic amines is 1. The summed E-state index contributed by atoms with van der Waals surface area (Å²) in [6, 6.07) is 3.37. The van der Waals surface area contributed by atoms with E-state index in [1.807, 2.05) is 39.0 Å². The summed E-state index contributed by atoms with van der Waals surface area (Å²) in [6.45, 7) is 7.35. The van der Waals surface area contributed by atoms with Crippen LogP contribution in [0.3, 0.4) is 0 Å². The Morgan fingerprint density at radius 3 is 2.70 bits per heavy atom. The summed E-state index contributed by atoms with van der Waals surface area (Å²) in [5.74, 6) is -2.49. The molecule has 12 atom stereocenters. The molecule has 4 bridgehead atoms. The molecule has 202 valence electrons. The van der Waals surface area contributed by atoms with Gasteiger partial charge in [0.15, 0.2) is 6.10 Å². The fourth-order valence-electron chi connectivity index (χ4n) is 7.14. The number of carbonyl (C=O) groups is 2. The first-order valence-corrected chi connectivity index (χ1v) is 13.1. The maximum Gasteiger partial charge on any atom is 0.355 e. The number of aromatic nitrogens is 1. The standard InChI is InChI=1S/C28H37NO8/c1-13-11-14(2)28-17(12-20(34-5)27(33)35-23(13)16(4)30)8-9-18-21(28)22(31)15(3)24(25(18)37-28)36-26(32)19-7-6-10-29-19/h6-11,13,15-18,20-25,29-31H,12H2,1-5H3/b14-11+/t13-,15-,16?,17-,18-,20+,21+,22-,23-,24-,25-,28-/m1/s1. The zero-order chi connectivity index (χ0) is 26.6. The average molecular weight is 516 g/mol. The summed E-state index contributed by atoms with van der Waals surface area (Å²) in [4.78, 5) is 28.8. The Bertz CT molecular complexity index is 1080. The normalized spacial score (nSPS) is 45.3. The molecule has 1 aromatic rings. The molecule has 1 saturated heterocycles. The van der Waals surface area contributed by atoms with Crippen molar-refractivity contribution in [3.8, 4) is 0 Å². The van der Waals surface area contributed by atoms with E-state index in [2.05, 4.69) is 4.98 Å². The van der Waals surface area contributed by atoms with Crippen LogP contribution in [0.25, 0.3) is 0 Å². The molecule has 1 unspecified atom stereocenters. The maximum atomic E-state index is 13.1. The van der Waals surface area contributed by atoms with Gasteiger partial charge in [-0.3, -0.25) is 0 Å². The van der Waals surface area contributed by atoms with Crippen LogP contribution in [-0.2, 0) is 23.7 Å². The molecular weight excluding hydrogens is 478 g/mol. The zero-order valence-corrected chi connectivity index (χ0v) is 21.9. The van der Waals surface area contributed by atoms with Crippen molar-refractivity contribution in [1.82, 2.24) is 4.98 Å². The largest absolute Gasteiger partial charge is 0.457 e. The van der Waals surface area contributed by atoms with Crippen LogP contribution >= 0.6 is 0 Å². The van der Waals surface area contributed by atoms with Crippen molar-refractivity contribution >= 4 is 11.9 Å². The lowest BCUT2D eigenvalue weighted by Gasteiger charge is -2.48. The van der Waals surface area contributed by atoms with Crippen LogP contribution in [0.15, 0.2) is 42.1 Å². The second-order valence-corrected chi connectivity index (χ2v) is 11.1. The molecule has 1 saturated carbocycles. The molecule has 3 heterocycles. The number of hydrogen-bond acceptors (Lipinski definition) is 8. The van der Waals surface area contributed by atoms with E-state index in [1.165, 1.54) is 7.11 Å². The summed E-state index contributed by atoms with van der Waals surface area (Å²) >= 11 is 0. The molecule has 3 N–H and O–H groups in total. The minimum absolute atomic E-state index is 0.175. The summed E-state index contributed by atoms with van der Waals surface area (Å²) < 4.78 is 24.2. The Hall–Kier alpha value is -2.46. The molecule has 37 heavy (non-hydrogen) atoms. The average Bonchev–Trinajstić information content (AvgIpc) is 3.46. The van der Waals surface area contributed by atoms with Crippen LogP contribution in [0.5, 0.6) is 0 Å². The summed E-state index contributed by atoms with van der Waals surface area (Å²) in [5.41, 5.74) is 0.301. The highest BCUT2D eigenvalue weighted by Crippen LogP contribution is 2.61. The second-order valence-electron chi connectivity index (χ2n) is 11.1. The van der Waals surface area contributed by atoms with Gasteiger partial charge in [-0.25, -0.2) is 9.59 Å². The van der Waals surface area contributed by atoms with Crippen molar-refractivity contribution in [2.45, 2.75) is 76.3 Å². The molecule has 0 aromatic carbocycles. The Morgan fingerprint density at radius 2 is 2.05 bits per heavy atom. The van der Waals surface area contributed by atoms with Gasteiger partial charge in [-0.15, -0.1) is 0 Å². The fraction of sp³-hybridized carbons (Fsp3) is 0.643. The Labute approximate surface area is 216 Å². The smallest absolute Gasteiger partial charge is 0.355 e. The van der Waals surface area contributed by atoms with Crippen molar-refractivity contribution in [1.29, 1.82) is 0 Å². The third kappa shape index (κ3) is 4.07. The van der Waals surface area contributed by atoms with E-state index in [0.29, 0.717) is 5.69 Å². The number of hydrogen-bond donors (Lipinski definition) is 3. The molecule has 0 radical (unpaired) electrons. The number of esters is 2. The number of aliphatic hydroxyl groups excluding tert-OH is 2. The van der Waals surface area contributed by atoms with Crippen LogP contribution < -0.4 is 0 Å². The van der Waals surface area contributed by atoms with Gasteiger partial charge in [-0.1, -0.05) is 32.1 Å². The van der Waals surface area contributed by atoms with Crippen LogP contribution in [0, 0.1) is 29.6 Å². The van der Waals surface area contributed by atoms with E-state index in [9.17, 15) is 19.8 Å². The predicted molar refractivity (Wildman–Crippen MR) is 132 cm³/mol. The lowest BCUT2D eigenvalue weighted by atomic mass is 9.57. The predicted octanol–water partition coefficient (Wildman–Crippen LogP) is 2.40. The van der Waals surface area contributed by atoms with Crippen LogP contribution in [0.2, 0.25) is 0 Å². The first-order chi connectivity index (χ1) is 17.6. The molecule has 4 aliphatic rings. The summed E-state index contributed by atoms with van der Waals surface area (Å²) in [5, 5.41) is 22.1. The molecule has 1 spiro atoms. The van der Waals surface area contributed by atoms with E-state index in [4.69, 9.17) is 18.9 Å². The van der Waals surface area contributed by atoms with Gasteiger partial charge >= 0.3 is 11.9 Å². The van der Waals surface area contributed by atoms with Gasteiger partial charge in [-0.05, 0) is 38.0 Å². The van der Waals surface area contributed by atoms with E-state index >= 15 is 0 Å². The van der Waals surface area contributed by atoms with Crippen molar-refractivity contribution < 1.29 is 38.7 Å². The van der Waals surface area contributed by atoms with Gasteiger partial charge in [0.1, 0.15) is 29.6 Å². The number of cyclic esters (lactones) is 1. The minimum Gasteiger partial charge on any atom is -0.457 e. The highest BCUT2D eigenvalue weighted by Gasteiger charge is 2.69. The Kier molecular flexibility index (Phi) is 6.85. The minimum atomic E-state index is -0.933. The maximum absolute atomic E-state index is 13.1. The zero-order valence-electron chi connectivity index (χ0n) is 21.9. The monoisotopic (exact) mass is 515 g/mol. The lowest BCUT2D eigenvalue weighted by molar-refractivity contribution is -0.172. The third-order valence-electron chi connectivity index (χ3n) is 8.94. The van der Waals surface area contributed by atoms with E-state index in [1.54, 1.807) is 25.3 Å². The topological polar surface area (TPSA) is 127 Å². The van der Waals surface area contributed by atoms with Crippen molar-refractivity contribution in [3.05, 3.63) is 47.8 Å². The number of ether oxygens (including phenoxy) is 4. The van der Waals surface area contributed by atoms with Gasteiger partial charge in [-0.2, -0.15) is 0 Å². The van der Waals surface area contributed by atoms with Crippen LogP contribution in [0.4, 0.5) is 0 Å². The third-order valence-corrected chi connectivity index (χ3v) is 8.94. The number of aliphatic hydroxyl groups is 2. The van der Waals surface area contributed by atoms with Gasteiger partial charge in [0, 0.05) is 42.9 Å². The highest BCUT2D eigenvalue weighted by molar-refractivity contribution is 5.87. The van der Waals surface area contributed by atoms with Crippen molar-refractivity contribution in [2.75, 3.05) is 7.11 Å². The van der Waals surface area contributed by atoms with Crippen LogP contribution in [-0.4, -0.2) is 76.5 Å². The molecule has 2 aliphatic carbocycles. The van der Waals surface area contributed by atoms with Gasteiger partial charge < -0.3 is 34.1 Å². The number of H-pyrrole nitrogens is 1. The van der Waals surface area contributed by atoms with Gasteiger partial charge in [0.05, 0.1) is 12.2 Å². The molecule has 1 aromatic heterocycles. The summed E-state index contributed by atoms with van der Waals surface area (Å²) in [7, 11) is 1.46. The fourth-order valence-corrected chi connectivity index (χ4v) is 7.14. The van der Waals surface area contributed by atoms with Gasteiger partial charge in [0.25, 0.3) is 0 Å².